The molecule has 1 aromatic rings. The van der Waals surface area contributed by atoms with Crippen LogP contribution >= 0.6 is 27.7 Å². The van der Waals surface area contributed by atoms with Crippen molar-refractivity contribution in [2.24, 2.45) is 0 Å². The van der Waals surface area contributed by atoms with Crippen molar-refractivity contribution >= 4 is 27.7 Å². The minimum Gasteiger partial charge on any atom is -0.496 e. The molecule has 0 bridgehead atoms. The molecule has 1 aliphatic rings. The number of hydrogen-bond acceptors (Lipinski definition) is 3. The van der Waals surface area contributed by atoms with E-state index in [0.717, 1.165) is 40.8 Å². The zero-order valence-electron chi connectivity index (χ0n) is 9.70. The van der Waals surface area contributed by atoms with E-state index in [4.69, 9.17) is 4.74 Å². The maximum Gasteiger partial charge on any atom is 0.122 e. The molecule has 1 heterocycles. The van der Waals surface area contributed by atoms with Crippen LogP contribution in [-0.2, 0) is 6.42 Å². The minimum absolute atomic E-state index is 0.256. The van der Waals surface area contributed by atoms with E-state index in [9.17, 15) is 5.26 Å². The highest BCUT2D eigenvalue weighted by Crippen LogP contribution is 2.42. The molecule has 0 radical (unpaired) electrons. The summed E-state index contributed by atoms with van der Waals surface area (Å²) in [5.41, 5.74) is 1.11. The Hall–Kier alpha value is -0.660. The Bertz CT molecular complexity index is 449. The summed E-state index contributed by atoms with van der Waals surface area (Å²) in [5.74, 6) is 1.96. The fraction of sp³-hybridized carbons (Fsp3) is 0.462. The molecule has 0 amide bonds. The van der Waals surface area contributed by atoms with E-state index in [1.54, 1.807) is 18.9 Å². The van der Waals surface area contributed by atoms with Crippen LogP contribution in [0.4, 0.5) is 0 Å². The fourth-order valence-corrected chi connectivity index (χ4v) is 3.86. The summed E-state index contributed by atoms with van der Waals surface area (Å²) >= 11 is 5.25. The lowest BCUT2D eigenvalue weighted by Gasteiger charge is -2.20. The number of halogens is 1. The lowest BCUT2D eigenvalue weighted by Crippen LogP contribution is -2.22. The third kappa shape index (κ3) is 2.78. The number of nitriles is 1. The largest absolute Gasteiger partial charge is 0.496 e. The predicted octanol–water partition coefficient (Wildman–Crippen LogP) is 3.79. The molecule has 4 heteroatoms. The van der Waals surface area contributed by atoms with Crippen LogP contribution < -0.4 is 4.74 Å². The van der Waals surface area contributed by atoms with Crippen molar-refractivity contribution in [1.29, 1.82) is 5.26 Å². The molecule has 1 aromatic carbocycles. The second-order valence-corrected chi connectivity index (χ2v) is 6.59. The highest BCUT2D eigenvalue weighted by molar-refractivity contribution is 9.10. The van der Waals surface area contributed by atoms with E-state index in [-0.39, 0.29) is 4.75 Å². The number of hydrogen-bond donors (Lipinski definition) is 0. The highest BCUT2D eigenvalue weighted by atomic mass is 79.9. The molecule has 90 valence electrons. The summed E-state index contributed by atoms with van der Waals surface area (Å²) in [6, 6.07) is 8.45. The predicted molar refractivity (Wildman–Crippen MR) is 74.4 cm³/mol. The van der Waals surface area contributed by atoms with Gasteiger partial charge in [-0.3, -0.25) is 0 Å². The van der Waals surface area contributed by atoms with E-state index in [0.29, 0.717) is 0 Å². The van der Waals surface area contributed by atoms with Gasteiger partial charge in [-0.15, -0.1) is 11.8 Å². The number of methoxy groups -OCH3 is 1. The molecule has 1 unspecified atom stereocenters. The molecule has 1 aliphatic heterocycles. The Balaban J connectivity index is 2.28. The lowest BCUT2D eigenvalue weighted by molar-refractivity contribution is 0.408. The molecule has 17 heavy (non-hydrogen) atoms. The first kappa shape index (κ1) is 12.8. The maximum atomic E-state index is 9.39. The van der Waals surface area contributed by atoms with Crippen molar-refractivity contribution in [2.75, 3.05) is 12.9 Å². The summed E-state index contributed by atoms with van der Waals surface area (Å²) in [5, 5.41) is 9.39. The summed E-state index contributed by atoms with van der Waals surface area (Å²) < 4.78 is 6.14. The normalized spacial score (nSPS) is 23.4. The molecular weight excluding hydrogens is 298 g/mol. The summed E-state index contributed by atoms with van der Waals surface area (Å²) in [6.45, 7) is 0. The second kappa shape index (κ2) is 5.32. The van der Waals surface area contributed by atoms with Gasteiger partial charge < -0.3 is 4.74 Å². The van der Waals surface area contributed by atoms with Crippen LogP contribution in [0.3, 0.4) is 0 Å². The maximum absolute atomic E-state index is 9.39. The number of rotatable bonds is 3. The van der Waals surface area contributed by atoms with Crippen molar-refractivity contribution in [1.82, 2.24) is 0 Å². The third-order valence-electron chi connectivity index (χ3n) is 3.03. The molecular formula is C13H14BrNOS. The van der Waals surface area contributed by atoms with Gasteiger partial charge in [-0.1, -0.05) is 15.9 Å². The monoisotopic (exact) mass is 311 g/mol. The lowest BCUT2D eigenvalue weighted by atomic mass is 9.95. The van der Waals surface area contributed by atoms with Gasteiger partial charge in [-0.25, -0.2) is 0 Å². The van der Waals surface area contributed by atoms with Gasteiger partial charge in [0, 0.05) is 10.9 Å². The molecule has 1 saturated heterocycles. The number of benzene rings is 1. The first-order valence-corrected chi connectivity index (χ1v) is 7.35. The van der Waals surface area contributed by atoms with Crippen molar-refractivity contribution in [2.45, 2.75) is 24.0 Å². The Labute approximate surface area is 114 Å². The summed E-state index contributed by atoms with van der Waals surface area (Å²) in [7, 11) is 1.67. The smallest absolute Gasteiger partial charge is 0.122 e. The van der Waals surface area contributed by atoms with E-state index < -0.39 is 0 Å². The van der Waals surface area contributed by atoms with Gasteiger partial charge in [-0.2, -0.15) is 5.26 Å². The van der Waals surface area contributed by atoms with Crippen LogP contribution in [0.1, 0.15) is 18.4 Å². The van der Waals surface area contributed by atoms with E-state index in [2.05, 4.69) is 28.1 Å². The van der Waals surface area contributed by atoms with Crippen LogP contribution in [0.25, 0.3) is 0 Å². The molecule has 0 aliphatic carbocycles. The molecule has 0 saturated carbocycles. The van der Waals surface area contributed by atoms with Crippen molar-refractivity contribution in [3.63, 3.8) is 0 Å². The Morgan fingerprint density at radius 2 is 2.41 bits per heavy atom. The first-order chi connectivity index (χ1) is 8.19. The standard InChI is InChI=1S/C13H14BrNOS/c1-16-12-4-3-11(14)7-10(12)8-13(9-15)5-2-6-17-13/h3-4,7H,2,5-6,8H2,1H3. The molecule has 0 aromatic heterocycles. The third-order valence-corrected chi connectivity index (χ3v) is 5.00. The second-order valence-electron chi connectivity index (χ2n) is 4.19. The van der Waals surface area contributed by atoms with Crippen LogP contribution in [0, 0.1) is 11.3 Å². The number of thioether (sulfide) groups is 1. The van der Waals surface area contributed by atoms with E-state index >= 15 is 0 Å². The molecule has 0 spiro atoms. The zero-order chi connectivity index (χ0) is 12.3. The van der Waals surface area contributed by atoms with Gasteiger partial charge in [0.05, 0.1) is 13.2 Å². The molecule has 2 nitrogen and oxygen atoms in total. The van der Waals surface area contributed by atoms with Crippen LogP contribution in [0.2, 0.25) is 0 Å². The zero-order valence-corrected chi connectivity index (χ0v) is 12.1. The van der Waals surface area contributed by atoms with E-state index in [1.165, 1.54) is 0 Å². The molecule has 0 N–H and O–H groups in total. The van der Waals surface area contributed by atoms with Crippen LogP contribution in [0.15, 0.2) is 22.7 Å². The van der Waals surface area contributed by atoms with Gasteiger partial charge in [0.15, 0.2) is 0 Å². The quantitative estimate of drug-likeness (QED) is 0.851. The van der Waals surface area contributed by atoms with Gasteiger partial charge in [-0.05, 0) is 42.4 Å². The molecule has 1 fully saturated rings. The van der Waals surface area contributed by atoms with Crippen LogP contribution in [0.5, 0.6) is 5.75 Å². The average molecular weight is 312 g/mol. The highest BCUT2D eigenvalue weighted by Gasteiger charge is 2.35. The average Bonchev–Trinajstić information content (AvgIpc) is 2.79. The van der Waals surface area contributed by atoms with Crippen molar-refractivity contribution in [3.8, 4) is 11.8 Å². The number of ether oxygens (including phenoxy) is 1. The Kier molecular flexibility index (Phi) is 4.01. The summed E-state index contributed by atoms with van der Waals surface area (Å²) in [6.07, 6.45) is 2.87. The van der Waals surface area contributed by atoms with Crippen LogP contribution in [-0.4, -0.2) is 17.6 Å². The Morgan fingerprint density at radius 1 is 1.59 bits per heavy atom. The molecule has 1 atom stereocenters. The SMILES string of the molecule is COc1ccc(Br)cc1CC1(C#N)CCCS1. The minimum atomic E-state index is -0.256. The topological polar surface area (TPSA) is 33.0 Å². The van der Waals surface area contributed by atoms with Crippen molar-refractivity contribution < 1.29 is 4.74 Å². The summed E-state index contributed by atoms with van der Waals surface area (Å²) in [4.78, 5) is 0. The van der Waals surface area contributed by atoms with Gasteiger partial charge >= 0.3 is 0 Å². The molecule has 2 rings (SSSR count). The first-order valence-electron chi connectivity index (χ1n) is 5.57. The van der Waals surface area contributed by atoms with Gasteiger partial charge in [0.2, 0.25) is 0 Å². The van der Waals surface area contributed by atoms with Crippen molar-refractivity contribution in [3.05, 3.63) is 28.2 Å². The Morgan fingerprint density at radius 3 is 3.00 bits per heavy atom. The fourth-order valence-electron chi connectivity index (χ4n) is 2.16. The van der Waals surface area contributed by atoms with E-state index in [1.807, 2.05) is 12.1 Å². The van der Waals surface area contributed by atoms with Gasteiger partial charge in [0.25, 0.3) is 0 Å². The number of nitrogens with zero attached hydrogens (tertiary/aromatic N) is 1. The van der Waals surface area contributed by atoms with Gasteiger partial charge in [0.1, 0.15) is 10.5 Å².